The summed E-state index contributed by atoms with van der Waals surface area (Å²) in [6, 6.07) is 6.68. The first-order valence-electron chi connectivity index (χ1n) is 8.68. The van der Waals surface area contributed by atoms with E-state index >= 15 is 0 Å². The van der Waals surface area contributed by atoms with Crippen LogP contribution in [0.2, 0.25) is 0 Å². The fraction of sp³-hybridized carbons (Fsp3) is 0.474. The zero-order chi connectivity index (χ0) is 16.4. The molecule has 2 aromatic rings. The van der Waals surface area contributed by atoms with Crippen LogP contribution in [0.1, 0.15) is 17.7 Å². The summed E-state index contributed by atoms with van der Waals surface area (Å²) in [5.74, 6) is 0.427. The normalized spacial score (nSPS) is 21.5. The fourth-order valence-electron chi connectivity index (χ4n) is 3.73. The van der Waals surface area contributed by atoms with E-state index in [2.05, 4.69) is 14.9 Å². The molecule has 1 fully saturated rings. The number of nitrogens with zero attached hydrogens (tertiary/aromatic N) is 3. The van der Waals surface area contributed by atoms with Crippen molar-refractivity contribution in [2.75, 3.05) is 32.8 Å². The zero-order valence-corrected chi connectivity index (χ0v) is 13.7. The molecule has 1 atom stereocenters. The van der Waals surface area contributed by atoms with E-state index in [1.54, 1.807) is 18.5 Å². The van der Waals surface area contributed by atoms with Gasteiger partial charge >= 0.3 is 0 Å². The van der Waals surface area contributed by atoms with Crippen LogP contribution in [0.15, 0.2) is 30.6 Å². The van der Waals surface area contributed by atoms with Crippen molar-refractivity contribution in [3.8, 4) is 11.3 Å². The topological polar surface area (TPSA) is 38.2 Å². The molecule has 24 heavy (non-hydrogen) atoms. The molecule has 0 saturated carbocycles. The third-order valence-corrected chi connectivity index (χ3v) is 5.02. The molecule has 0 N–H and O–H groups in total. The first-order valence-corrected chi connectivity index (χ1v) is 8.68. The number of benzene rings is 1. The van der Waals surface area contributed by atoms with Gasteiger partial charge in [-0.25, -0.2) is 14.4 Å². The minimum absolute atomic E-state index is 0.226. The lowest BCUT2D eigenvalue weighted by molar-refractivity contribution is 0.168. The quantitative estimate of drug-likeness (QED) is 0.869. The Balaban J connectivity index is 1.56. The highest BCUT2D eigenvalue weighted by Crippen LogP contribution is 2.26. The average Bonchev–Trinajstić information content (AvgIpc) is 3.02. The fourth-order valence-corrected chi connectivity index (χ4v) is 3.73. The summed E-state index contributed by atoms with van der Waals surface area (Å²) in [4.78, 5) is 11.5. The number of halogens is 1. The highest BCUT2D eigenvalue weighted by atomic mass is 19.1. The van der Waals surface area contributed by atoms with Gasteiger partial charge in [0.05, 0.1) is 12.3 Å². The summed E-state index contributed by atoms with van der Waals surface area (Å²) in [6.45, 7) is 4.89. The van der Waals surface area contributed by atoms with Crippen molar-refractivity contribution < 1.29 is 9.13 Å². The molecule has 0 radical (unpaired) electrons. The number of fused-ring (bicyclic) bond motifs is 1. The third kappa shape index (κ3) is 3.32. The van der Waals surface area contributed by atoms with Crippen LogP contribution in [0.5, 0.6) is 0 Å². The smallest absolute Gasteiger partial charge is 0.123 e. The van der Waals surface area contributed by atoms with E-state index in [-0.39, 0.29) is 5.82 Å². The molecule has 126 valence electrons. The summed E-state index contributed by atoms with van der Waals surface area (Å²) in [7, 11) is 0. The molecule has 2 aliphatic rings. The second-order valence-electron chi connectivity index (χ2n) is 6.69. The Labute approximate surface area is 141 Å². The standard InChI is InChI=1S/C19H22FN3O/c20-16-3-1-2-15(10-16)19-17-4-7-23(11-14-6-9-24-12-14)8-5-18(17)21-13-22-19/h1-3,10,13-14H,4-9,11-12H2/t14-/m0/s1. The molecule has 4 nitrogen and oxygen atoms in total. The Morgan fingerprint density at radius 1 is 1.21 bits per heavy atom. The van der Waals surface area contributed by atoms with Gasteiger partial charge in [0.1, 0.15) is 12.1 Å². The Hall–Kier alpha value is -1.85. The van der Waals surface area contributed by atoms with Crippen LogP contribution in [0, 0.1) is 11.7 Å². The predicted molar refractivity (Wildman–Crippen MR) is 90.2 cm³/mol. The van der Waals surface area contributed by atoms with E-state index in [1.165, 1.54) is 11.6 Å². The lowest BCUT2D eigenvalue weighted by Crippen LogP contribution is -2.32. The summed E-state index contributed by atoms with van der Waals surface area (Å²) in [6.07, 6.45) is 4.61. The highest BCUT2D eigenvalue weighted by Gasteiger charge is 2.23. The van der Waals surface area contributed by atoms with Crippen LogP contribution in [0.3, 0.4) is 0 Å². The molecule has 1 saturated heterocycles. The predicted octanol–water partition coefficient (Wildman–Crippen LogP) is 2.72. The summed E-state index contributed by atoms with van der Waals surface area (Å²) >= 11 is 0. The minimum atomic E-state index is -0.226. The first-order chi connectivity index (χ1) is 11.8. The van der Waals surface area contributed by atoms with Crippen molar-refractivity contribution in [1.29, 1.82) is 0 Å². The van der Waals surface area contributed by atoms with E-state index < -0.39 is 0 Å². The number of hydrogen-bond donors (Lipinski definition) is 0. The van der Waals surface area contributed by atoms with Gasteiger partial charge < -0.3 is 9.64 Å². The Morgan fingerprint density at radius 2 is 2.12 bits per heavy atom. The Bertz CT molecular complexity index is 716. The maximum atomic E-state index is 13.6. The van der Waals surface area contributed by atoms with Gasteiger partial charge in [0, 0.05) is 49.5 Å². The van der Waals surface area contributed by atoms with E-state index in [0.29, 0.717) is 5.92 Å². The third-order valence-electron chi connectivity index (χ3n) is 5.02. The van der Waals surface area contributed by atoms with Crippen LogP contribution in [0.25, 0.3) is 11.3 Å². The molecule has 5 heteroatoms. The highest BCUT2D eigenvalue weighted by molar-refractivity contribution is 5.63. The monoisotopic (exact) mass is 327 g/mol. The van der Waals surface area contributed by atoms with E-state index in [1.807, 2.05) is 6.07 Å². The summed E-state index contributed by atoms with van der Waals surface area (Å²) < 4.78 is 19.1. The van der Waals surface area contributed by atoms with Gasteiger partial charge in [0.25, 0.3) is 0 Å². The molecule has 2 aliphatic heterocycles. The molecule has 0 unspecified atom stereocenters. The zero-order valence-electron chi connectivity index (χ0n) is 13.7. The maximum Gasteiger partial charge on any atom is 0.123 e. The molecule has 0 amide bonds. The molecule has 4 rings (SSSR count). The van der Waals surface area contributed by atoms with Crippen molar-refractivity contribution in [2.24, 2.45) is 5.92 Å². The second kappa shape index (κ2) is 6.95. The van der Waals surface area contributed by atoms with E-state index in [0.717, 1.165) is 69.1 Å². The largest absolute Gasteiger partial charge is 0.381 e. The van der Waals surface area contributed by atoms with E-state index in [4.69, 9.17) is 4.74 Å². The Morgan fingerprint density at radius 3 is 2.96 bits per heavy atom. The summed E-state index contributed by atoms with van der Waals surface area (Å²) in [5, 5.41) is 0. The number of rotatable bonds is 3. The number of ether oxygens (including phenoxy) is 1. The minimum Gasteiger partial charge on any atom is -0.381 e. The van der Waals surface area contributed by atoms with Gasteiger partial charge in [-0.05, 0) is 30.9 Å². The van der Waals surface area contributed by atoms with Crippen LogP contribution in [0.4, 0.5) is 4.39 Å². The molecule has 0 spiro atoms. The second-order valence-corrected chi connectivity index (χ2v) is 6.69. The summed E-state index contributed by atoms with van der Waals surface area (Å²) in [5.41, 5.74) is 4.00. The molecular formula is C19H22FN3O. The maximum absolute atomic E-state index is 13.6. The lowest BCUT2D eigenvalue weighted by Gasteiger charge is -2.22. The van der Waals surface area contributed by atoms with Crippen molar-refractivity contribution in [3.63, 3.8) is 0 Å². The lowest BCUT2D eigenvalue weighted by atomic mass is 10.0. The van der Waals surface area contributed by atoms with Gasteiger partial charge in [-0.1, -0.05) is 12.1 Å². The van der Waals surface area contributed by atoms with Gasteiger partial charge in [0.15, 0.2) is 0 Å². The van der Waals surface area contributed by atoms with Gasteiger partial charge in [-0.2, -0.15) is 0 Å². The van der Waals surface area contributed by atoms with Crippen LogP contribution < -0.4 is 0 Å². The van der Waals surface area contributed by atoms with Crippen molar-refractivity contribution in [1.82, 2.24) is 14.9 Å². The van der Waals surface area contributed by atoms with Crippen molar-refractivity contribution in [3.05, 3.63) is 47.7 Å². The van der Waals surface area contributed by atoms with Crippen molar-refractivity contribution >= 4 is 0 Å². The van der Waals surface area contributed by atoms with Gasteiger partial charge in [0.2, 0.25) is 0 Å². The van der Waals surface area contributed by atoms with Crippen LogP contribution >= 0.6 is 0 Å². The molecule has 1 aromatic carbocycles. The Kier molecular flexibility index (Phi) is 4.54. The molecule has 0 aliphatic carbocycles. The molecule has 3 heterocycles. The first kappa shape index (κ1) is 15.7. The van der Waals surface area contributed by atoms with Crippen molar-refractivity contribution in [2.45, 2.75) is 19.3 Å². The average molecular weight is 327 g/mol. The van der Waals surface area contributed by atoms with Gasteiger partial charge in [-0.3, -0.25) is 0 Å². The molecule has 1 aromatic heterocycles. The number of aromatic nitrogens is 2. The SMILES string of the molecule is Fc1cccc(-c2ncnc3c2CCN(C[C@@H]2CCOC2)CC3)c1. The number of hydrogen-bond acceptors (Lipinski definition) is 4. The molecule has 0 bridgehead atoms. The molecular weight excluding hydrogens is 305 g/mol. The van der Waals surface area contributed by atoms with E-state index in [9.17, 15) is 4.39 Å². The van der Waals surface area contributed by atoms with Crippen LogP contribution in [-0.2, 0) is 17.6 Å². The van der Waals surface area contributed by atoms with Gasteiger partial charge in [-0.15, -0.1) is 0 Å². The van der Waals surface area contributed by atoms with Crippen LogP contribution in [-0.4, -0.2) is 47.7 Å².